The third-order valence-corrected chi connectivity index (χ3v) is 7.90. The zero-order chi connectivity index (χ0) is 25.6. The molecule has 0 aliphatic carbocycles. The van der Waals surface area contributed by atoms with Gasteiger partial charge in [-0.05, 0) is 58.0 Å². The van der Waals surface area contributed by atoms with E-state index in [-0.39, 0.29) is 17.9 Å². The zero-order valence-corrected chi connectivity index (χ0v) is 21.0. The highest BCUT2D eigenvalue weighted by atomic mass is 32.2. The summed E-state index contributed by atoms with van der Waals surface area (Å²) in [5.74, 6) is -1.13. The molecule has 1 fully saturated rings. The topological polar surface area (TPSA) is 145 Å². The average molecular weight is 508 g/mol. The monoisotopic (exact) mass is 507 g/mol. The molecule has 0 radical (unpaired) electrons. The van der Waals surface area contributed by atoms with Crippen LogP contribution >= 0.6 is 0 Å². The number of nitrogens with zero attached hydrogens (tertiary/aromatic N) is 3. The number of carbonyl (C=O) groups is 2. The number of aryl methyl sites for hydroxylation is 1. The second kappa shape index (κ2) is 11.6. The molecule has 1 aromatic carbocycles. The van der Waals surface area contributed by atoms with Crippen LogP contribution in [-0.2, 0) is 26.0 Å². The minimum atomic E-state index is -3.94. The normalized spacial score (nSPS) is 17.4. The molecule has 1 saturated heterocycles. The number of aliphatic carboxylic acids is 1. The zero-order valence-electron chi connectivity index (χ0n) is 20.2. The number of carboxylic acid groups (broad SMARTS) is 1. The van der Waals surface area contributed by atoms with Crippen LogP contribution in [0.3, 0.4) is 0 Å². The third kappa shape index (κ3) is 6.80. The molecule has 0 saturated carbocycles. The Morgan fingerprint density at radius 1 is 1.31 bits per heavy atom. The molecule has 1 aliphatic heterocycles. The van der Waals surface area contributed by atoms with Crippen molar-refractivity contribution in [2.24, 2.45) is 0 Å². The number of amides is 1. The molecule has 1 amide bonds. The van der Waals surface area contributed by atoms with Crippen molar-refractivity contribution in [1.82, 2.24) is 24.7 Å². The summed E-state index contributed by atoms with van der Waals surface area (Å²) in [6.07, 6.45) is 3.04. The van der Waals surface area contributed by atoms with Crippen molar-refractivity contribution in [2.75, 3.05) is 33.8 Å². The molecule has 2 atom stereocenters. The van der Waals surface area contributed by atoms with E-state index in [0.29, 0.717) is 36.5 Å². The highest BCUT2D eigenvalue weighted by molar-refractivity contribution is 7.89. The van der Waals surface area contributed by atoms with Gasteiger partial charge in [0.25, 0.3) is 0 Å². The maximum Gasteiger partial charge on any atom is 0.326 e. The number of carbonyl (C=O) groups excluding carboxylic acids is 1. The van der Waals surface area contributed by atoms with E-state index in [1.54, 1.807) is 31.2 Å². The molecule has 12 heteroatoms. The minimum Gasteiger partial charge on any atom is -0.494 e. The van der Waals surface area contributed by atoms with Gasteiger partial charge in [0.05, 0.1) is 12.3 Å². The van der Waals surface area contributed by atoms with E-state index >= 15 is 0 Å². The van der Waals surface area contributed by atoms with Crippen molar-refractivity contribution in [3.63, 3.8) is 0 Å². The van der Waals surface area contributed by atoms with Crippen LogP contribution in [0.2, 0.25) is 0 Å². The second-order valence-corrected chi connectivity index (χ2v) is 10.7. The molecule has 2 heterocycles. The fourth-order valence-electron chi connectivity index (χ4n) is 4.02. The van der Waals surface area contributed by atoms with Crippen molar-refractivity contribution in [3.8, 4) is 5.75 Å². The Hall–Kier alpha value is -2.96. The number of H-pyrrole nitrogens is 1. The Morgan fingerprint density at radius 2 is 2.03 bits per heavy atom. The van der Waals surface area contributed by atoms with Crippen LogP contribution in [0.15, 0.2) is 35.4 Å². The number of rotatable bonds is 12. The fraction of sp³-hybridized carbons (Fsp3) is 0.522. The predicted octanol–water partition coefficient (Wildman–Crippen LogP) is 1.01. The van der Waals surface area contributed by atoms with E-state index < -0.39 is 34.0 Å². The summed E-state index contributed by atoms with van der Waals surface area (Å²) in [6, 6.07) is 4.88. The first-order valence-electron chi connectivity index (χ1n) is 11.5. The largest absolute Gasteiger partial charge is 0.494 e. The van der Waals surface area contributed by atoms with Gasteiger partial charge in [-0.15, -0.1) is 0 Å². The van der Waals surface area contributed by atoms with Crippen LogP contribution in [0.1, 0.15) is 30.5 Å². The van der Waals surface area contributed by atoms with E-state index in [1.807, 2.05) is 14.1 Å². The maximum atomic E-state index is 13.1. The van der Waals surface area contributed by atoms with E-state index in [0.717, 1.165) is 17.3 Å². The van der Waals surface area contributed by atoms with Crippen LogP contribution in [0.25, 0.3) is 0 Å². The summed E-state index contributed by atoms with van der Waals surface area (Å²) in [4.78, 5) is 26.9. The highest BCUT2D eigenvalue weighted by Crippen LogP contribution is 2.27. The molecule has 1 aromatic heterocycles. The molecular formula is C23H33N5O6S. The molecule has 3 rings (SSSR count). The summed E-state index contributed by atoms with van der Waals surface area (Å²) in [7, 11) is 0.0524. The van der Waals surface area contributed by atoms with Gasteiger partial charge in [0.2, 0.25) is 15.9 Å². The molecule has 0 unspecified atom stereocenters. The van der Waals surface area contributed by atoms with Crippen LogP contribution in [-0.4, -0.2) is 90.7 Å². The maximum absolute atomic E-state index is 13.1. The van der Waals surface area contributed by atoms with Gasteiger partial charge in [0, 0.05) is 25.7 Å². The molecule has 1 aliphatic rings. The van der Waals surface area contributed by atoms with E-state index in [2.05, 4.69) is 20.4 Å². The van der Waals surface area contributed by atoms with Gasteiger partial charge in [0.1, 0.15) is 22.7 Å². The fourth-order valence-corrected chi connectivity index (χ4v) is 5.80. The standard InChI is InChI=1S/C23H33N5O6S/c1-16-21(15-24-26-16)35(32,33)28-12-4-6-20(28)22(29)25-19(23(30)31)14-17-7-9-18(10-8-17)34-13-5-11-27(2)3/h7-10,15,19-20H,4-6,11-14H2,1-3H3,(H,24,26)(H,25,29)(H,30,31)/t19-,20-/m0/s1. The molecule has 2 aromatic rings. The lowest BCUT2D eigenvalue weighted by molar-refractivity contribution is -0.142. The first kappa shape index (κ1) is 26.6. The summed E-state index contributed by atoms with van der Waals surface area (Å²) in [6.45, 7) is 3.23. The molecule has 3 N–H and O–H groups in total. The Labute approximate surface area is 205 Å². The van der Waals surface area contributed by atoms with E-state index in [9.17, 15) is 23.1 Å². The minimum absolute atomic E-state index is 0.0102. The number of hydrogen-bond acceptors (Lipinski definition) is 7. The van der Waals surface area contributed by atoms with Crippen LogP contribution < -0.4 is 10.1 Å². The van der Waals surface area contributed by atoms with Crippen LogP contribution in [0.5, 0.6) is 5.75 Å². The molecule has 35 heavy (non-hydrogen) atoms. The number of aromatic nitrogens is 2. The van der Waals surface area contributed by atoms with Gasteiger partial charge in [-0.1, -0.05) is 12.1 Å². The lowest BCUT2D eigenvalue weighted by Gasteiger charge is -2.24. The molecular weight excluding hydrogens is 474 g/mol. The molecule has 11 nitrogen and oxygen atoms in total. The molecule has 0 bridgehead atoms. The van der Waals surface area contributed by atoms with Crippen LogP contribution in [0.4, 0.5) is 0 Å². The number of ether oxygens (including phenoxy) is 1. The quantitative estimate of drug-likeness (QED) is 0.361. The number of aromatic amines is 1. The smallest absolute Gasteiger partial charge is 0.326 e. The number of nitrogens with one attached hydrogen (secondary N) is 2. The van der Waals surface area contributed by atoms with Gasteiger partial charge in [0.15, 0.2) is 0 Å². The Morgan fingerprint density at radius 3 is 2.63 bits per heavy atom. The van der Waals surface area contributed by atoms with Crippen molar-refractivity contribution < 1.29 is 27.9 Å². The first-order chi connectivity index (χ1) is 16.6. The SMILES string of the molecule is Cc1n[nH]cc1S(=O)(=O)N1CCC[C@H]1C(=O)N[C@@H](Cc1ccc(OCCCN(C)C)cc1)C(=O)O. The van der Waals surface area contributed by atoms with Gasteiger partial charge in [-0.3, -0.25) is 9.89 Å². The number of sulfonamides is 1. The van der Waals surface area contributed by atoms with Crippen molar-refractivity contribution in [3.05, 3.63) is 41.7 Å². The highest BCUT2D eigenvalue weighted by Gasteiger charge is 2.41. The van der Waals surface area contributed by atoms with Crippen molar-refractivity contribution >= 4 is 21.9 Å². The van der Waals surface area contributed by atoms with Gasteiger partial charge < -0.3 is 20.1 Å². The lowest BCUT2D eigenvalue weighted by Crippen LogP contribution is -2.51. The average Bonchev–Trinajstić information content (AvgIpc) is 3.47. The number of carboxylic acids is 1. The number of hydrogen-bond donors (Lipinski definition) is 3. The summed E-state index contributed by atoms with van der Waals surface area (Å²) in [5, 5.41) is 18.6. The van der Waals surface area contributed by atoms with Crippen LogP contribution in [0, 0.1) is 6.92 Å². The second-order valence-electron chi connectivity index (χ2n) is 8.86. The van der Waals surface area contributed by atoms with Crippen molar-refractivity contribution in [2.45, 2.75) is 49.6 Å². The van der Waals surface area contributed by atoms with Gasteiger partial charge in [-0.25, -0.2) is 13.2 Å². The predicted molar refractivity (Wildman–Crippen MR) is 129 cm³/mol. The molecule has 0 spiro atoms. The third-order valence-electron chi connectivity index (χ3n) is 5.87. The summed E-state index contributed by atoms with van der Waals surface area (Å²) < 4.78 is 32.9. The summed E-state index contributed by atoms with van der Waals surface area (Å²) >= 11 is 0. The Bertz CT molecular complexity index is 1120. The Balaban J connectivity index is 1.62. The number of benzene rings is 1. The molecule has 192 valence electrons. The van der Waals surface area contributed by atoms with E-state index in [1.165, 1.54) is 6.20 Å². The lowest BCUT2D eigenvalue weighted by atomic mass is 10.1. The van der Waals surface area contributed by atoms with Gasteiger partial charge >= 0.3 is 5.97 Å². The van der Waals surface area contributed by atoms with E-state index in [4.69, 9.17) is 4.74 Å². The first-order valence-corrected chi connectivity index (χ1v) is 13.0. The summed E-state index contributed by atoms with van der Waals surface area (Å²) in [5.41, 5.74) is 1.02. The Kier molecular flexibility index (Phi) is 8.87. The van der Waals surface area contributed by atoms with Crippen molar-refractivity contribution in [1.29, 1.82) is 0 Å². The van der Waals surface area contributed by atoms with Gasteiger partial charge in [-0.2, -0.15) is 9.40 Å².